The molecule has 0 aromatic heterocycles. The average molecular weight is 363 g/mol. The minimum atomic E-state index is -3.91. The van der Waals surface area contributed by atoms with Crippen LogP contribution in [-0.2, 0) is 14.8 Å². The van der Waals surface area contributed by atoms with Crippen molar-refractivity contribution in [3.63, 3.8) is 0 Å². The molecule has 1 amide bonds. The van der Waals surface area contributed by atoms with Gasteiger partial charge in [0.2, 0.25) is 10.0 Å². The minimum Gasteiger partial charge on any atom is -0.482 e. The van der Waals surface area contributed by atoms with Crippen LogP contribution in [0.5, 0.6) is 5.75 Å². The molecule has 0 unspecified atom stereocenters. The lowest BCUT2D eigenvalue weighted by molar-refractivity contribution is -0.123. The Labute approximate surface area is 125 Å². The van der Waals surface area contributed by atoms with Gasteiger partial charge in [0.05, 0.1) is 0 Å². The summed E-state index contributed by atoms with van der Waals surface area (Å²) >= 11 is 3.16. The van der Waals surface area contributed by atoms with Crippen molar-refractivity contribution in [2.24, 2.45) is 11.1 Å². The first kappa shape index (κ1) is 15.3. The number of benzene rings is 1. The van der Waals surface area contributed by atoms with Gasteiger partial charge in [0.1, 0.15) is 10.6 Å². The molecule has 1 saturated carbocycles. The van der Waals surface area contributed by atoms with Crippen molar-refractivity contribution in [1.82, 2.24) is 5.32 Å². The predicted octanol–water partition coefficient (Wildman–Crippen LogP) is 1.00. The van der Waals surface area contributed by atoms with Gasteiger partial charge in [-0.2, -0.15) is 0 Å². The summed E-state index contributed by atoms with van der Waals surface area (Å²) in [5.41, 5.74) is 0. The van der Waals surface area contributed by atoms with E-state index < -0.39 is 10.0 Å². The first-order valence-electron chi connectivity index (χ1n) is 6.08. The smallest absolute Gasteiger partial charge is 0.257 e. The van der Waals surface area contributed by atoms with E-state index in [2.05, 4.69) is 21.2 Å². The first-order valence-corrected chi connectivity index (χ1v) is 8.42. The largest absolute Gasteiger partial charge is 0.482 e. The number of carbonyl (C=O) groups is 1. The number of carbonyl (C=O) groups excluding carboxylic acids is 1. The lowest BCUT2D eigenvalue weighted by atomic mass is 10.3. The number of amides is 1. The van der Waals surface area contributed by atoms with E-state index in [0.717, 1.165) is 12.8 Å². The lowest BCUT2D eigenvalue weighted by Crippen LogP contribution is -2.30. The van der Waals surface area contributed by atoms with Crippen molar-refractivity contribution in [3.05, 3.63) is 22.7 Å². The van der Waals surface area contributed by atoms with E-state index in [-0.39, 0.29) is 23.2 Å². The highest BCUT2D eigenvalue weighted by atomic mass is 79.9. The summed E-state index contributed by atoms with van der Waals surface area (Å²) in [5, 5.41) is 7.84. The number of rotatable bonds is 6. The molecule has 3 N–H and O–H groups in total. The van der Waals surface area contributed by atoms with E-state index in [1.54, 1.807) is 6.07 Å². The van der Waals surface area contributed by atoms with Crippen LogP contribution in [0.15, 0.2) is 27.6 Å². The van der Waals surface area contributed by atoms with Crippen LogP contribution in [0.4, 0.5) is 0 Å². The van der Waals surface area contributed by atoms with Crippen LogP contribution in [0, 0.1) is 5.92 Å². The third-order valence-electron chi connectivity index (χ3n) is 2.86. The van der Waals surface area contributed by atoms with Crippen molar-refractivity contribution < 1.29 is 17.9 Å². The molecular weight excluding hydrogens is 348 g/mol. The molecule has 1 aliphatic rings. The highest BCUT2D eigenvalue weighted by Crippen LogP contribution is 2.28. The molecule has 1 fully saturated rings. The zero-order chi connectivity index (χ0) is 14.8. The van der Waals surface area contributed by atoms with Crippen molar-refractivity contribution in [1.29, 1.82) is 0 Å². The summed E-state index contributed by atoms with van der Waals surface area (Å²) in [5.74, 6) is 0.365. The Bertz CT molecular complexity index is 614. The Morgan fingerprint density at radius 3 is 2.75 bits per heavy atom. The maximum Gasteiger partial charge on any atom is 0.257 e. The monoisotopic (exact) mass is 362 g/mol. The second kappa shape index (κ2) is 6.11. The standard InChI is InChI=1S/C12H15BrN2O4S/c13-9-3-4-10(11(5-9)20(14,17)18)19-7-12(16)15-6-8-1-2-8/h3-5,8H,1-2,6-7H2,(H,15,16)(H2,14,17,18). The van der Waals surface area contributed by atoms with Crippen molar-refractivity contribution in [3.8, 4) is 5.75 Å². The van der Waals surface area contributed by atoms with Gasteiger partial charge in [0.25, 0.3) is 5.91 Å². The second-order valence-corrected chi connectivity index (χ2v) is 7.12. The number of nitrogens with two attached hydrogens (primary N) is 1. The fourth-order valence-corrected chi connectivity index (χ4v) is 2.81. The number of nitrogens with one attached hydrogen (secondary N) is 1. The molecule has 0 spiro atoms. The van der Waals surface area contributed by atoms with Crippen LogP contribution < -0.4 is 15.2 Å². The van der Waals surface area contributed by atoms with Crippen LogP contribution >= 0.6 is 15.9 Å². The van der Waals surface area contributed by atoms with Crippen molar-refractivity contribution in [2.75, 3.05) is 13.2 Å². The molecule has 6 nitrogen and oxygen atoms in total. The first-order chi connectivity index (χ1) is 9.36. The lowest BCUT2D eigenvalue weighted by Gasteiger charge is -2.10. The van der Waals surface area contributed by atoms with Gasteiger partial charge in [0, 0.05) is 11.0 Å². The van der Waals surface area contributed by atoms with Gasteiger partial charge in [-0.15, -0.1) is 0 Å². The molecule has 1 aromatic rings. The number of primary sulfonamides is 1. The van der Waals surface area contributed by atoms with Crippen LogP contribution in [0.1, 0.15) is 12.8 Å². The Balaban J connectivity index is 1.99. The summed E-state index contributed by atoms with van der Waals surface area (Å²) < 4.78 is 28.7. The number of hydrogen-bond acceptors (Lipinski definition) is 4. The summed E-state index contributed by atoms with van der Waals surface area (Å²) in [4.78, 5) is 11.4. The molecule has 1 aromatic carbocycles. The minimum absolute atomic E-state index is 0.0669. The quantitative estimate of drug-likeness (QED) is 0.788. The van der Waals surface area contributed by atoms with Gasteiger partial charge in [-0.3, -0.25) is 4.79 Å². The SMILES string of the molecule is NS(=O)(=O)c1cc(Br)ccc1OCC(=O)NCC1CC1. The third kappa shape index (κ3) is 4.46. The number of sulfonamides is 1. The van der Waals surface area contributed by atoms with Gasteiger partial charge < -0.3 is 10.1 Å². The molecule has 0 atom stereocenters. The number of hydrogen-bond donors (Lipinski definition) is 2. The van der Waals surface area contributed by atoms with E-state index in [4.69, 9.17) is 9.88 Å². The van der Waals surface area contributed by atoms with E-state index in [9.17, 15) is 13.2 Å². The summed E-state index contributed by atoms with van der Waals surface area (Å²) in [6, 6.07) is 4.41. The second-order valence-electron chi connectivity index (χ2n) is 4.67. The number of halogens is 1. The van der Waals surface area contributed by atoms with Gasteiger partial charge in [-0.25, -0.2) is 13.6 Å². The van der Waals surface area contributed by atoms with E-state index >= 15 is 0 Å². The maximum atomic E-state index is 11.6. The van der Waals surface area contributed by atoms with Crippen molar-refractivity contribution in [2.45, 2.75) is 17.7 Å². The Hall–Kier alpha value is -1.12. The molecular formula is C12H15BrN2O4S. The molecule has 0 saturated heterocycles. The topological polar surface area (TPSA) is 98.5 Å². The van der Waals surface area contributed by atoms with Crippen molar-refractivity contribution >= 4 is 31.9 Å². The highest BCUT2D eigenvalue weighted by molar-refractivity contribution is 9.10. The Morgan fingerprint density at radius 1 is 1.45 bits per heavy atom. The molecule has 2 rings (SSSR count). The summed E-state index contributed by atoms with van der Waals surface area (Å²) in [6.45, 7) is 0.404. The molecule has 0 bridgehead atoms. The third-order valence-corrected chi connectivity index (χ3v) is 4.28. The fourth-order valence-electron chi connectivity index (χ4n) is 1.60. The summed E-state index contributed by atoms with van der Waals surface area (Å²) in [6.07, 6.45) is 2.28. The normalized spacial score (nSPS) is 14.9. The number of ether oxygens (including phenoxy) is 1. The molecule has 1 aliphatic carbocycles. The van der Waals surface area contributed by atoms with Crippen LogP contribution in [0.25, 0.3) is 0 Å². The zero-order valence-corrected chi connectivity index (χ0v) is 13.0. The van der Waals surface area contributed by atoms with E-state index in [1.807, 2.05) is 0 Å². The molecule has 0 aliphatic heterocycles. The maximum absolute atomic E-state index is 11.6. The Kier molecular flexibility index (Phi) is 4.66. The molecule has 0 heterocycles. The predicted molar refractivity (Wildman–Crippen MR) is 76.7 cm³/mol. The van der Waals surface area contributed by atoms with Gasteiger partial charge in [-0.1, -0.05) is 15.9 Å². The van der Waals surface area contributed by atoms with Crippen LogP contribution in [0.3, 0.4) is 0 Å². The fraction of sp³-hybridized carbons (Fsp3) is 0.417. The van der Waals surface area contributed by atoms with E-state index in [1.165, 1.54) is 12.1 Å². The average Bonchev–Trinajstić information content (AvgIpc) is 3.17. The molecule has 20 heavy (non-hydrogen) atoms. The van der Waals surface area contributed by atoms with Gasteiger partial charge in [0.15, 0.2) is 6.61 Å². The zero-order valence-electron chi connectivity index (χ0n) is 10.6. The molecule has 8 heteroatoms. The van der Waals surface area contributed by atoms with E-state index in [0.29, 0.717) is 16.9 Å². The van der Waals surface area contributed by atoms with Gasteiger partial charge >= 0.3 is 0 Å². The van der Waals surface area contributed by atoms with Gasteiger partial charge in [-0.05, 0) is 37.0 Å². The van der Waals surface area contributed by atoms with Crippen LogP contribution in [-0.4, -0.2) is 27.5 Å². The van der Waals surface area contributed by atoms with Crippen LogP contribution in [0.2, 0.25) is 0 Å². The molecule has 110 valence electrons. The Morgan fingerprint density at radius 2 is 2.15 bits per heavy atom. The summed E-state index contributed by atoms with van der Waals surface area (Å²) in [7, 11) is -3.91. The highest BCUT2D eigenvalue weighted by Gasteiger charge is 2.22. The molecule has 0 radical (unpaired) electrons.